The van der Waals surface area contributed by atoms with Gasteiger partial charge in [0, 0.05) is 13.1 Å². The molecule has 184 valence electrons. The zero-order valence-corrected chi connectivity index (χ0v) is 19.4. The highest BCUT2D eigenvalue weighted by molar-refractivity contribution is 6.21. The minimum absolute atomic E-state index is 0.0630. The second-order valence-electron chi connectivity index (χ2n) is 8.06. The van der Waals surface area contributed by atoms with Crippen LogP contribution in [-0.2, 0) is 22.4 Å². The fraction of sp³-hybridized carbons (Fsp3) is 0.185. The standard InChI is InChI=1S/C27H25N3O6/c31-26(28-13-11-19-7-3-1-4-8-19)22(27(32)29-14-12-20-9-5-2-6-10-20)15-21-16-24-25(36-18-35-24)17-23(21)30(33)34/h1-10,15-17H,11-14,18H2,(H,28,31)(H,29,32). The molecule has 1 aliphatic heterocycles. The fourth-order valence-corrected chi connectivity index (χ4v) is 3.73. The van der Waals surface area contributed by atoms with Crippen LogP contribution in [0, 0.1) is 10.1 Å². The van der Waals surface area contributed by atoms with Gasteiger partial charge in [0.1, 0.15) is 5.57 Å². The van der Waals surface area contributed by atoms with E-state index in [0.29, 0.717) is 31.7 Å². The SMILES string of the molecule is O=C(NCCc1ccccc1)C(=Cc1cc2c(cc1[N+](=O)[O-])OCO2)C(=O)NCCc1ccccc1. The topological polar surface area (TPSA) is 120 Å². The molecule has 0 aliphatic carbocycles. The zero-order valence-electron chi connectivity index (χ0n) is 19.4. The maximum absolute atomic E-state index is 13.1. The second kappa shape index (κ2) is 11.7. The van der Waals surface area contributed by atoms with Crippen LogP contribution in [0.4, 0.5) is 5.69 Å². The molecule has 3 aromatic carbocycles. The highest BCUT2D eigenvalue weighted by atomic mass is 16.7. The van der Waals surface area contributed by atoms with Gasteiger partial charge in [-0.3, -0.25) is 19.7 Å². The number of amides is 2. The Labute approximate surface area is 207 Å². The van der Waals surface area contributed by atoms with Crippen LogP contribution in [0.25, 0.3) is 6.08 Å². The Kier molecular flexibility index (Phi) is 7.92. The minimum atomic E-state index is -0.630. The molecule has 0 radical (unpaired) electrons. The summed E-state index contributed by atoms with van der Waals surface area (Å²) in [5.41, 5.74) is 1.59. The molecule has 0 atom stereocenters. The van der Waals surface area contributed by atoms with Crippen molar-refractivity contribution in [2.75, 3.05) is 19.9 Å². The molecule has 0 fully saturated rings. The van der Waals surface area contributed by atoms with Crippen molar-refractivity contribution in [1.29, 1.82) is 0 Å². The molecule has 3 aromatic rings. The first-order chi connectivity index (χ1) is 17.5. The summed E-state index contributed by atoms with van der Waals surface area (Å²) in [6.45, 7) is 0.522. The van der Waals surface area contributed by atoms with Gasteiger partial charge < -0.3 is 20.1 Å². The Hall–Kier alpha value is -4.66. The average Bonchev–Trinajstić information content (AvgIpc) is 3.35. The van der Waals surface area contributed by atoms with E-state index in [9.17, 15) is 19.7 Å². The number of benzene rings is 3. The molecular formula is C27H25N3O6. The molecule has 0 unspecified atom stereocenters. The van der Waals surface area contributed by atoms with Gasteiger partial charge in [0.25, 0.3) is 17.5 Å². The van der Waals surface area contributed by atoms with E-state index in [4.69, 9.17) is 9.47 Å². The number of nitrogens with zero attached hydrogens (tertiary/aromatic N) is 1. The molecule has 1 heterocycles. The number of nitrogens with one attached hydrogen (secondary N) is 2. The zero-order chi connectivity index (χ0) is 25.3. The van der Waals surface area contributed by atoms with Gasteiger partial charge in [-0.05, 0) is 36.1 Å². The predicted molar refractivity (Wildman–Crippen MR) is 134 cm³/mol. The number of rotatable bonds is 10. The molecule has 0 bridgehead atoms. The summed E-state index contributed by atoms with van der Waals surface area (Å²) in [5, 5.41) is 17.2. The van der Waals surface area contributed by atoms with Crippen LogP contribution >= 0.6 is 0 Å². The maximum atomic E-state index is 13.1. The van der Waals surface area contributed by atoms with Crippen molar-refractivity contribution in [2.45, 2.75) is 12.8 Å². The lowest BCUT2D eigenvalue weighted by Gasteiger charge is -2.11. The lowest BCUT2D eigenvalue weighted by atomic mass is 10.1. The summed E-state index contributed by atoms with van der Waals surface area (Å²) in [6, 6.07) is 21.8. The molecule has 0 saturated heterocycles. The number of fused-ring (bicyclic) bond motifs is 1. The largest absolute Gasteiger partial charge is 0.454 e. The lowest BCUT2D eigenvalue weighted by Crippen LogP contribution is -2.36. The van der Waals surface area contributed by atoms with Gasteiger partial charge in [-0.2, -0.15) is 0 Å². The van der Waals surface area contributed by atoms with Gasteiger partial charge in [0.15, 0.2) is 11.5 Å². The number of carbonyl (C=O) groups is 2. The highest BCUT2D eigenvalue weighted by Crippen LogP contribution is 2.38. The van der Waals surface area contributed by atoms with E-state index in [2.05, 4.69) is 10.6 Å². The van der Waals surface area contributed by atoms with Crippen LogP contribution in [0.15, 0.2) is 78.4 Å². The molecule has 0 aromatic heterocycles. The highest BCUT2D eigenvalue weighted by Gasteiger charge is 2.25. The molecule has 4 rings (SSSR count). The van der Waals surface area contributed by atoms with Crippen molar-refractivity contribution in [2.24, 2.45) is 0 Å². The summed E-state index contributed by atoms with van der Waals surface area (Å²) in [5.74, 6) is -0.717. The summed E-state index contributed by atoms with van der Waals surface area (Å²) in [7, 11) is 0. The van der Waals surface area contributed by atoms with Gasteiger partial charge in [-0.25, -0.2) is 0 Å². The van der Waals surface area contributed by atoms with Gasteiger partial charge >= 0.3 is 0 Å². The Morgan fingerprint density at radius 1 is 0.833 bits per heavy atom. The van der Waals surface area contributed by atoms with Crippen molar-refractivity contribution in [3.8, 4) is 11.5 Å². The monoisotopic (exact) mass is 487 g/mol. The molecule has 36 heavy (non-hydrogen) atoms. The van der Waals surface area contributed by atoms with Crippen LogP contribution in [0.1, 0.15) is 16.7 Å². The molecular weight excluding hydrogens is 462 g/mol. The number of hydrogen-bond donors (Lipinski definition) is 2. The molecule has 1 aliphatic rings. The van der Waals surface area contributed by atoms with E-state index in [-0.39, 0.29) is 29.4 Å². The van der Waals surface area contributed by atoms with Gasteiger partial charge in [-0.15, -0.1) is 0 Å². The van der Waals surface area contributed by atoms with Crippen LogP contribution in [0.3, 0.4) is 0 Å². The first-order valence-corrected chi connectivity index (χ1v) is 11.5. The summed E-state index contributed by atoms with van der Waals surface area (Å²) in [4.78, 5) is 37.2. The quantitative estimate of drug-likeness (QED) is 0.149. The molecule has 2 N–H and O–H groups in total. The van der Waals surface area contributed by atoms with Crippen LogP contribution in [0.2, 0.25) is 0 Å². The van der Waals surface area contributed by atoms with Crippen molar-refractivity contribution in [1.82, 2.24) is 10.6 Å². The smallest absolute Gasteiger partial charge is 0.280 e. The Morgan fingerprint density at radius 2 is 1.33 bits per heavy atom. The Bertz CT molecular complexity index is 1220. The first-order valence-electron chi connectivity index (χ1n) is 11.5. The van der Waals surface area contributed by atoms with Crippen molar-refractivity contribution in [3.63, 3.8) is 0 Å². The van der Waals surface area contributed by atoms with E-state index in [1.165, 1.54) is 18.2 Å². The number of ether oxygens (including phenoxy) is 2. The molecule has 0 saturated carbocycles. The molecule has 9 nitrogen and oxygen atoms in total. The van der Waals surface area contributed by atoms with E-state index in [0.717, 1.165) is 11.1 Å². The number of nitro benzene ring substituents is 1. The van der Waals surface area contributed by atoms with E-state index in [1.807, 2.05) is 60.7 Å². The summed E-state index contributed by atoms with van der Waals surface area (Å²) in [6.07, 6.45) is 2.36. The van der Waals surface area contributed by atoms with Crippen molar-refractivity contribution < 1.29 is 24.0 Å². The first kappa shape index (κ1) is 24.5. The number of carbonyl (C=O) groups excluding carboxylic acids is 2. The third kappa shape index (κ3) is 6.26. The summed E-state index contributed by atoms with van der Waals surface area (Å²) >= 11 is 0. The number of nitro groups is 1. The van der Waals surface area contributed by atoms with Crippen molar-refractivity contribution in [3.05, 3.63) is 105 Å². The van der Waals surface area contributed by atoms with Gasteiger partial charge in [0.05, 0.1) is 16.6 Å². The molecule has 9 heteroatoms. The third-order valence-electron chi connectivity index (χ3n) is 5.59. The number of hydrogen-bond acceptors (Lipinski definition) is 6. The van der Waals surface area contributed by atoms with Crippen LogP contribution < -0.4 is 20.1 Å². The van der Waals surface area contributed by atoms with Crippen LogP contribution in [0.5, 0.6) is 11.5 Å². The van der Waals surface area contributed by atoms with E-state index in [1.54, 1.807) is 0 Å². The van der Waals surface area contributed by atoms with Crippen molar-refractivity contribution >= 4 is 23.6 Å². The van der Waals surface area contributed by atoms with Crippen LogP contribution in [-0.4, -0.2) is 36.6 Å². The van der Waals surface area contributed by atoms with E-state index < -0.39 is 16.7 Å². The second-order valence-corrected chi connectivity index (χ2v) is 8.06. The predicted octanol–water partition coefficient (Wildman–Crippen LogP) is 3.42. The Balaban J connectivity index is 1.55. The van der Waals surface area contributed by atoms with Gasteiger partial charge in [-0.1, -0.05) is 60.7 Å². The normalized spacial score (nSPS) is 11.4. The fourth-order valence-electron chi connectivity index (χ4n) is 3.73. The van der Waals surface area contributed by atoms with E-state index >= 15 is 0 Å². The maximum Gasteiger partial charge on any atom is 0.280 e. The molecule has 0 spiro atoms. The molecule has 2 amide bonds. The Morgan fingerprint density at radius 3 is 1.83 bits per heavy atom. The lowest BCUT2D eigenvalue weighted by molar-refractivity contribution is -0.385. The minimum Gasteiger partial charge on any atom is -0.454 e. The average molecular weight is 488 g/mol. The third-order valence-corrected chi connectivity index (χ3v) is 5.59. The summed E-state index contributed by atoms with van der Waals surface area (Å²) < 4.78 is 10.6. The van der Waals surface area contributed by atoms with Gasteiger partial charge in [0.2, 0.25) is 6.79 Å².